The molecule has 0 saturated carbocycles. The maximum Gasteiger partial charge on any atom is 0.249 e. The number of hydrogen-bond acceptors (Lipinski definition) is 5. The van der Waals surface area contributed by atoms with Gasteiger partial charge in [-0.25, -0.2) is 0 Å². The van der Waals surface area contributed by atoms with Crippen LogP contribution in [-0.2, 0) is 19.1 Å². The first-order chi connectivity index (χ1) is 17.0. The van der Waals surface area contributed by atoms with E-state index in [2.05, 4.69) is 33.9 Å². The number of β-amino-alcohol motifs (C(OH)–C–C–N with tert-alkyl or cyclic N) is 1. The maximum atomic E-state index is 14.6. The molecule has 0 aromatic heterocycles. The van der Waals surface area contributed by atoms with Crippen molar-refractivity contribution >= 4 is 17.7 Å². The first kappa shape index (κ1) is 29.4. The third kappa shape index (κ3) is 4.65. The normalized spacial score (nSPS) is 32.9. The smallest absolute Gasteiger partial charge is 0.249 e. The molecule has 0 aliphatic carbocycles. The Morgan fingerprint density at radius 1 is 1.16 bits per heavy atom. The van der Waals surface area contributed by atoms with Crippen LogP contribution in [0.15, 0.2) is 25.3 Å². The van der Waals surface area contributed by atoms with E-state index in [0.717, 1.165) is 6.42 Å². The van der Waals surface area contributed by atoms with E-state index in [9.17, 15) is 19.5 Å². The number of likely N-dealkylation sites (tertiary alicyclic amines) is 1. The molecule has 0 aromatic rings. The SMILES string of the molecule is C=CCN(C)C(=O)[C@@H]1[C@H]2C(=O)N(CCO)C(C(=O)N(CC=C)C(C)(C)CC(C)(C)C)C23CC(C)[C@@]1(C)O3. The van der Waals surface area contributed by atoms with Crippen LogP contribution in [0.2, 0.25) is 0 Å². The minimum absolute atomic E-state index is 0.00693. The number of ether oxygens (including phenoxy) is 1. The number of amides is 3. The molecule has 3 saturated heterocycles. The molecule has 3 unspecified atom stereocenters. The van der Waals surface area contributed by atoms with Gasteiger partial charge < -0.3 is 24.5 Å². The minimum atomic E-state index is -1.13. The molecule has 0 radical (unpaired) electrons. The molecule has 3 amide bonds. The fourth-order valence-corrected chi connectivity index (χ4v) is 7.57. The first-order valence-corrected chi connectivity index (χ1v) is 13.4. The molecular formula is C29H47N3O5. The van der Waals surface area contributed by atoms with E-state index in [1.165, 1.54) is 4.90 Å². The van der Waals surface area contributed by atoms with Crippen molar-refractivity contribution in [2.24, 2.45) is 23.2 Å². The average Bonchev–Trinajstić information content (AvgIpc) is 3.27. The fourth-order valence-electron chi connectivity index (χ4n) is 7.57. The van der Waals surface area contributed by atoms with Gasteiger partial charge in [-0.15, -0.1) is 13.2 Å². The second-order valence-corrected chi connectivity index (χ2v) is 13.3. The zero-order chi connectivity index (χ0) is 28.1. The van der Waals surface area contributed by atoms with Crippen LogP contribution in [0.1, 0.15) is 61.3 Å². The summed E-state index contributed by atoms with van der Waals surface area (Å²) in [5.74, 6) is -2.24. The standard InChI is InChI=1S/C29H47N3O5/c1-11-13-30(10)23(34)20-21-24(35)31(15-16-33)22(29(21)17-19(3)28(20,9)37-29)25(36)32(14-12-2)27(7,8)18-26(4,5)6/h11-12,19-22,33H,1-2,13-18H2,3-10H3/t19?,20-,21-,22?,28+,29?/m0/s1. The summed E-state index contributed by atoms with van der Waals surface area (Å²) < 4.78 is 6.78. The molecule has 3 aliphatic heterocycles. The zero-order valence-corrected chi connectivity index (χ0v) is 24.0. The summed E-state index contributed by atoms with van der Waals surface area (Å²) in [6, 6.07) is -0.928. The maximum absolute atomic E-state index is 14.6. The molecule has 3 fully saturated rings. The molecule has 1 N–H and O–H groups in total. The summed E-state index contributed by atoms with van der Waals surface area (Å²) in [6.07, 6.45) is 4.59. The Bertz CT molecular complexity index is 956. The molecule has 8 heteroatoms. The zero-order valence-electron chi connectivity index (χ0n) is 24.0. The van der Waals surface area contributed by atoms with E-state index < -0.39 is 34.6 Å². The van der Waals surface area contributed by atoms with Gasteiger partial charge in [-0.3, -0.25) is 14.4 Å². The van der Waals surface area contributed by atoms with Gasteiger partial charge in [0.1, 0.15) is 11.6 Å². The van der Waals surface area contributed by atoms with Gasteiger partial charge in [0.15, 0.2) is 0 Å². The molecule has 8 nitrogen and oxygen atoms in total. The lowest BCUT2D eigenvalue weighted by Gasteiger charge is -2.45. The number of rotatable bonds is 10. The molecule has 3 aliphatic rings. The summed E-state index contributed by atoms with van der Waals surface area (Å²) in [6.45, 7) is 22.4. The van der Waals surface area contributed by atoms with Crippen LogP contribution in [-0.4, -0.2) is 93.6 Å². The third-order valence-electron chi connectivity index (χ3n) is 8.71. The summed E-state index contributed by atoms with van der Waals surface area (Å²) in [5.41, 5.74) is -2.58. The summed E-state index contributed by atoms with van der Waals surface area (Å²) in [4.78, 5) is 47.2. The molecule has 6 atom stereocenters. The van der Waals surface area contributed by atoms with Gasteiger partial charge in [0.25, 0.3) is 0 Å². The Balaban J connectivity index is 2.14. The quantitative estimate of drug-likeness (QED) is 0.450. The van der Waals surface area contributed by atoms with Crippen molar-refractivity contribution in [1.82, 2.24) is 14.7 Å². The molecule has 3 heterocycles. The topological polar surface area (TPSA) is 90.4 Å². The van der Waals surface area contributed by atoms with Crippen molar-refractivity contribution in [3.8, 4) is 0 Å². The van der Waals surface area contributed by atoms with Gasteiger partial charge >= 0.3 is 0 Å². The highest BCUT2D eigenvalue weighted by Gasteiger charge is 2.80. The van der Waals surface area contributed by atoms with Crippen LogP contribution in [0.4, 0.5) is 0 Å². The molecule has 208 valence electrons. The summed E-state index contributed by atoms with van der Waals surface area (Å²) in [5, 5.41) is 9.90. The van der Waals surface area contributed by atoms with Gasteiger partial charge in [0.2, 0.25) is 17.7 Å². The van der Waals surface area contributed by atoms with E-state index >= 15 is 0 Å². The predicted octanol–water partition coefficient (Wildman–Crippen LogP) is 2.86. The Kier molecular flexibility index (Phi) is 7.81. The van der Waals surface area contributed by atoms with E-state index in [0.29, 0.717) is 19.5 Å². The van der Waals surface area contributed by atoms with Crippen molar-refractivity contribution < 1.29 is 24.2 Å². The number of aliphatic hydroxyl groups is 1. The van der Waals surface area contributed by atoms with Crippen molar-refractivity contribution in [2.45, 2.75) is 84.1 Å². The number of fused-ring (bicyclic) bond motifs is 1. The average molecular weight is 518 g/mol. The van der Waals surface area contributed by atoms with Gasteiger partial charge in [0, 0.05) is 32.2 Å². The van der Waals surface area contributed by atoms with Gasteiger partial charge in [-0.05, 0) is 44.9 Å². The summed E-state index contributed by atoms with van der Waals surface area (Å²) >= 11 is 0. The second-order valence-electron chi connectivity index (χ2n) is 13.3. The molecule has 1 spiro atoms. The molecule has 0 aromatic carbocycles. The third-order valence-corrected chi connectivity index (χ3v) is 8.71. The number of carbonyl (C=O) groups excluding carboxylic acids is 3. The molecule has 2 bridgehead atoms. The lowest BCUT2D eigenvalue weighted by Crippen LogP contribution is -2.61. The van der Waals surface area contributed by atoms with Crippen LogP contribution in [0.25, 0.3) is 0 Å². The Hall–Kier alpha value is -2.19. The fraction of sp³-hybridized carbons (Fsp3) is 0.759. The number of carbonyl (C=O) groups is 3. The molecular weight excluding hydrogens is 470 g/mol. The second kappa shape index (κ2) is 9.84. The Morgan fingerprint density at radius 3 is 2.27 bits per heavy atom. The number of hydrogen-bond donors (Lipinski definition) is 1. The monoisotopic (exact) mass is 517 g/mol. The highest BCUT2D eigenvalue weighted by molar-refractivity contribution is 5.99. The number of nitrogens with zero attached hydrogens (tertiary/aromatic N) is 3. The minimum Gasteiger partial charge on any atom is -0.395 e. The van der Waals surface area contributed by atoms with Crippen molar-refractivity contribution in [1.29, 1.82) is 0 Å². The van der Waals surface area contributed by atoms with E-state index in [1.54, 1.807) is 29.0 Å². The molecule has 37 heavy (non-hydrogen) atoms. The number of aliphatic hydroxyl groups excluding tert-OH is 1. The van der Waals surface area contributed by atoms with Crippen LogP contribution in [0.5, 0.6) is 0 Å². The van der Waals surface area contributed by atoms with Crippen LogP contribution < -0.4 is 0 Å². The predicted molar refractivity (Wildman–Crippen MR) is 143 cm³/mol. The molecule has 3 rings (SSSR count). The first-order valence-electron chi connectivity index (χ1n) is 13.4. The van der Waals surface area contributed by atoms with E-state index in [4.69, 9.17) is 4.74 Å². The van der Waals surface area contributed by atoms with Gasteiger partial charge in [-0.1, -0.05) is 39.8 Å². The van der Waals surface area contributed by atoms with Crippen LogP contribution >= 0.6 is 0 Å². The summed E-state index contributed by atoms with van der Waals surface area (Å²) in [7, 11) is 1.70. The lowest BCUT2D eigenvalue weighted by atomic mass is 9.62. The van der Waals surface area contributed by atoms with E-state index in [1.807, 2.05) is 27.7 Å². The van der Waals surface area contributed by atoms with Crippen molar-refractivity contribution in [3.63, 3.8) is 0 Å². The highest BCUT2D eigenvalue weighted by Crippen LogP contribution is 2.65. The van der Waals surface area contributed by atoms with Crippen LogP contribution in [0.3, 0.4) is 0 Å². The highest BCUT2D eigenvalue weighted by atomic mass is 16.5. The van der Waals surface area contributed by atoms with Crippen molar-refractivity contribution in [2.75, 3.05) is 33.3 Å². The van der Waals surface area contributed by atoms with Gasteiger partial charge in [0.05, 0.1) is 24.0 Å². The van der Waals surface area contributed by atoms with Crippen LogP contribution in [0, 0.1) is 23.2 Å². The Morgan fingerprint density at radius 2 is 1.76 bits per heavy atom. The van der Waals surface area contributed by atoms with Gasteiger partial charge in [-0.2, -0.15) is 0 Å². The largest absolute Gasteiger partial charge is 0.395 e. The number of likely N-dealkylation sites (N-methyl/N-ethyl adjacent to an activating group) is 1. The van der Waals surface area contributed by atoms with Crippen molar-refractivity contribution in [3.05, 3.63) is 25.3 Å². The van der Waals surface area contributed by atoms with E-state index in [-0.39, 0.29) is 42.2 Å². The Labute approximate surface area is 222 Å². The lowest BCUT2D eigenvalue weighted by molar-refractivity contribution is -0.158.